The zero-order valence-electron chi connectivity index (χ0n) is 9.80. The molecule has 1 unspecified atom stereocenters. The van der Waals surface area contributed by atoms with Crippen LogP contribution in [-0.2, 0) is 19.9 Å². The highest BCUT2D eigenvalue weighted by Crippen LogP contribution is 2.21. The third kappa shape index (κ3) is 4.08. The second-order valence-electron chi connectivity index (χ2n) is 4.12. The van der Waals surface area contributed by atoms with E-state index in [4.69, 9.17) is 11.6 Å². The van der Waals surface area contributed by atoms with Gasteiger partial charge in [-0.05, 0) is 12.8 Å². The summed E-state index contributed by atoms with van der Waals surface area (Å²) in [4.78, 5) is 0. The Morgan fingerprint density at radius 1 is 1.41 bits per heavy atom. The molecule has 0 aromatic carbocycles. The van der Waals surface area contributed by atoms with E-state index >= 15 is 0 Å². The molecule has 0 aromatic rings. The van der Waals surface area contributed by atoms with Crippen LogP contribution in [0.25, 0.3) is 0 Å². The average molecular weight is 304 g/mol. The lowest BCUT2D eigenvalue weighted by molar-refractivity contribution is 0.354. The predicted octanol–water partition coefficient (Wildman–Crippen LogP) is 0.454. The Kier molecular flexibility index (Phi) is 5.24. The highest BCUT2D eigenvalue weighted by Gasteiger charge is 2.36. The number of hydrogen-bond acceptors (Lipinski definition) is 4. The molecule has 0 radical (unpaired) electrons. The van der Waals surface area contributed by atoms with Crippen molar-refractivity contribution >= 4 is 31.5 Å². The van der Waals surface area contributed by atoms with Crippen molar-refractivity contribution in [2.24, 2.45) is 0 Å². The summed E-state index contributed by atoms with van der Waals surface area (Å²) in [6, 6.07) is -0.398. The first-order valence-corrected chi connectivity index (χ1v) is 9.55. The van der Waals surface area contributed by atoms with Crippen molar-refractivity contribution in [2.45, 2.75) is 25.8 Å². The molecule has 0 spiro atoms. The van der Waals surface area contributed by atoms with Crippen LogP contribution in [0.2, 0.25) is 0 Å². The van der Waals surface area contributed by atoms with Gasteiger partial charge in [-0.25, -0.2) is 16.8 Å². The van der Waals surface area contributed by atoms with Gasteiger partial charge in [0.05, 0.1) is 17.3 Å². The van der Waals surface area contributed by atoms with Gasteiger partial charge in [-0.15, -0.1) is 11.6 Å². The molecule has 1 heterocycles. The molecule has 0 saturated carbocycles. The lowest BCUT2D eigenvalue weighted by Crippen LogP contribution is -2.42. The summed E-state index contributed by atoms with van der Waals surface area (Å²) in [5.41, 5.74) is 0. The smallest absolute Gasteiger partial charge is 0.214 e. The molecule has 1 aliphatic heterocycles. The molecule has 8 heteroatoms. The first-order valence-electron chi connectivity index (χ1n) is 5.58. The van der Waals surface area contributed by atoms with Crippen LogP contribution in [0.1, 0.15) is 19.8 Å². The van der Waals surface area contributed by atoms with Crippen molar-refractivity contribution in [3.8, 4) is 0 Å². The molecule has 0 aromatic heterocycles. The summed E-state index contributed by atoms with van der Waals surface area (Å²) in [5.74, 6) is 0.306. The third-order valence-corrected chi connectivity index (χ3v) is 6.91. The zero-order chi connectivity index (χ0) is 13.1. The molecule has 0 aliphatic carbocycles. The first-order chi connectivity index (χ1) is 7.82. The topological polar surface area (TPSA) is 71.5 Å². The number of rotatable bonds is 6. The second kappa shape index (κ2) is 5.86. The lowest BCUT2D eigenvalue weighted by Gasteiger charge is -2.25. The summed E-state index contributed by atoms with van der Waals surface area (Å²) in [6.45, 7) is 2.04. The van der Waals surface area contributed by atoms with Gasteiger partial charge >= 0.3 is 0 Å². The second-order valence-corrected chi connectivity index (χ2v) is 8.77. The van der Waals surface area contributed by atoms with E-state index in [1.165, 1.54) is 4.31 Å². The monoisotopic (exact) mass is 303 g/mol. The normalized spacial score (nSPS) is 24.3. The lowest BCUT2D eigenvalue weighted by atomic mass is 10.3. The van der Waals surface area contributed by atoms with Crippen LogP contribution in [0.5, 0.6) is 0 Å². The van der Waals surface area contributed by atoms with Gasteiger partial charge < -0.3 is 0 Å². The molecule has 0 amide bonds. The van der Waals surface area contributed by atoms with E-state index in [0.717, 1.165) is 0 Å². The van der Waals surface area contributed by atoms with Crippen molar-refractivity contribution in [1.82, 2.24) is 4.31 Å². The van der Waals surface area contributed by atoms with Crippen LogP contribution in [-0.4, -0.2) is 56.9 Å². The summed E-state index contributed by atoms with van der Waals surface area (Å²) in [7, 11) is -6.45. The number of sulfone groups is 1. The molecule has 0 N–H and O–H groups in total. The van der Waals surface area contributed by atoms with E-state index in [1.807, 2.05) is 0 Å². The van der Waals surface area contributed by atoms with E-state index in [9.17, 15) is 16.8 Å². The fourth-order valence-corrected chi connectivity index (χ4v) is 5.93. The van der Waals surface area contributed by atoms with Crippen molar-refractivity contribution in [3.05, 3.63) is 0 Å². The third-order valence-electron chi connectivity index (χ3n) is 2.82. The Morgan fingerprint density at radius 2 is 2.06 bits per heavy atom. The Balaban J connectivity index is 2.79. The van der Waals surface area contributed by atoms with Gasteiger partial charge in [-0.3, -0.25) is 0 Å². The van der Waals surface area contributed by atoms with E-state index in [2.05, 4.69) is 0 Å². The van der Waals surface area contributed by atoms with Gasteiger partial charge in [0.1, 0.15) is 0 Å². The Morgan fingerprint density at radius 3 is 2.47 bits per heavy atom. The molecule has 1 saturated heterocycles. The minimum atomic E-state index is -3.38. The highest BCUT2D eigenvalue weighted by molar-refractivity contribution is 7.92. The van der Waals surface area contributed by atoms with Gasteiger partial charge in [-0.2, -0.15) is 4.31 Å². The molecule has 1 fully saturated rings. The minimum absolute atomic E-state index is 0.0130. The van der Waals surface area contributed by atoms with Crippen LogP contribution in [0, 0.1) is 0 Å². The summed E-state index contributed by atoms with van der Waals surface area (Å²) in [6.07, 6.45) is 0.788. The van der Waals surface area contributed by atoms with Crippen molar-refractivity contribution < 1.29 is 16.8 Å². The molecule has 1 atom stereocenters. The number of nitrogens with zero attached hydrogens (tertiary/aromatic N) is 1. The Hall–Kier alpha value is 0.150. The SMILES string of the molecule is CCN(C1CCS(=O)(=O)C1)S(=O)(=O)CCCCl. The molecule has 17 heavy (non-hydrogen) atoms. The van der Waals surface area contributed by atoms with Crippen LogP contribution >= 0.6 is 11.6 Å². The molecule has 0 bridgehead atoms. The van der Waals surface area contributed by atoms with Gasteiger partial charge in [0.25, 0.3) is 0 Å². The molecular weight excluding hydrogens is 286 g/mol. The van der Waals surface area contributed by atoms with Gasteiger partial charge in [0.2, 0.25) is 10.0 Å². The maximum atomic E-state index is 12.0. The fourth-order valence-electron chi connectivity index (χ4n) is 2.04. The summed E-state index contributed by atoms with van der Waals surface area (Å²) < 4.78 is 48.0. The average Bonchev–Trinajstić information content (AvgIpc) is 2.56. The van der Waals surface area contributed by atoms with Gasteiger partial charge in [0, 0.05) is 18.5 Å². The van der Waals surface area contributed by atoms with Crippen LogP contribution in [0.4, 0.5) is 0 Å². The van der Waals surface area contributed by atoms with Gasteiger partial charge in [0.15, 0.2) is 9.84 Å². The molecule has 5 nitrogen and oxygen atoms in total. The summed E-state index contributed by atoms with van der Waals surface area (Å²) in [5, 5.41) is 0. The number of halogens is 1. The van der Waals surface area contributed by atoms with Crippen LogP contribution < -0.4 is 0 Å². The predicted molar refractivity (Wildman–Crippen MR) is 68.6 cm³/mol. The number of alkyl halides is 1. The molecular formula is C9H18ClNO4S2. The van der Waals surface area contributed by atoms with E-state index in [1.54, 1.807) is 6.92 Å². The Labute approximate surface area is 108 Å². The van der Waals surface area contributed by atoms with Crippen molar-refractivity contribution in [1.29, 1.82) is 0 Å². The maximum absolute atomic E-state index is 12.0. The van der Waals surface area contributed by atoms with E-state index in [-0.39, 0.29) is 17.3 Å². The maximum Gasteiger partial charge on any atom is 0.214 e. The first kappa shape index (κ1) is 15.2. The van der Waals surface area contributed by atoms with Crippen LogP contribution in [0.15, 0.2) is 0 Å². The fraction of sp³-hybridized carbons (Fsp3) is 1.00. The van der Waals surface area contributed by atoms with Crippen molar-refractivity contribution in [3.63, 3.8) is 0 Å². The van der Waals surface area contributed by atoms with Crippen molar-refractivity contribution in [2.75, 3.05) is 29.7 Å². The standard InChI is InChI=1S/C9H18ClNO4S2/c1-2-11(17(14,15)6-3-5-10)9-4-7-16(12,13)8-9/h9H,2-8H2,1H3. The molecule has 102 valence electrons. The van der Waals surface area contributed by atoms with Crippen LogP contribution in [0.3, 0.4) is 0 Å². The molecule has 1 rings (SSSR count). The number of sulfonamides is 1. The quantitative estimate of drug-likeness (QED) is 0.668. The van der Waals surface area contributed by atoms with Gasteiger partial charge in [-0.1, -0.05) is 6.92 Å². The largest absolute Gasteiger partial charge is 0.229 e. The summed E-state index contributed by atoms with van der Waals surface area (Å²) >= 11 is 5.48. The zero-order valence-corrected chi connectivity index (χ0v) is 12.2. The minimum Gasteiger partial charge on any atom is -0.229 e. The van der Waals surface area contributed by atoms with E-state index < -0.39 is 25.9 Å². The highest BCUT2D eigenvalue weighted by atomic mass is 35.5. The van der Waals surface area contributed by atoms with E-state index in [0.29, 0.717) is 25.3 Å². The molecule has 1 aliphatic rings. The Bertz CT molecular complexity index is 446. The number of hydrogen-bond donors (Lipinski definition) is 0.